The molecule has 1 heterocycles. The van der Waals surface area contributed by atoms with Gasteiger partial charge in [0, 0.05) is 51.1 Å². The molecule has 0 saturated carbocycles. The second kappa shape index (κ2) is 9.38. The normalized spacial score (nSPS) is 10.7. The van der Waals surface area contributed by atoms with Crippen molar-refractivity contribution in [2.45, 2.75) is 19.7 Å². The SMILES string of the molecule is Clc1cccc(Cl)c1COc1ccc(Br)cc1CNCc1cccnc1. The molecule has 3 rings (SSSR count). The smallest absolute Gasteiger partial charge is 0.124 e. The Morgan fingerprint density at radius 1 is 1.00 bits per heavy atom. The van der Waals surface area contributed by atoms with Crippen molar-refractivity contribution >= 4 is 39.1 Å². The monoisotopic (exact) mass is 450 g/mol. The first kappa shape index (κ1) is 19.2. The van der Waals surface area contributed by atoms with Gasteiger partial charge in [-0.3, -0.25) is 4.98 Å². The lowest BCUT2D eigenvalue weighted by molar-refractivity contribution is 0.302. The van der Waals surface area contributed by atoms with Gasteiger partial charge >= 0.3 is 0 Å². The summed E-state index contributed by atoms with van der Waals surface area (Å²) in [6.07, 6.45) is 3.62. The number of nitrogens with zero attached hydrogens (tertiary/aromatic N) is 1. The molecule has 0 amide bonds. The van der Waals surface area contributed by atoms with E-state index in [0.717, 1.165) is 33.5 Å². The zero-order valence-corrected chi connectivity index (χ0v) is 17.0. The van der Waals surface area contributed by atoms with Crippen LogP contribution in [0.1, 0.15) is 16.7 Å². The number of ether oxygens (including phenoxy) is 1. The molecule has 2 aromatic carbocycles. The third-order valence-corrected chi connectivity index (χ3v) is 5.03. The maximum atomic E-state index is 6.22. The summed E-state index contributed by atoms with van der Waals surface area (Å²) >= 11 is 16.0. The number of halogens is 3. The number of benzene rings is 2. The molecule has 0 saturated heterocycles. The molecule has 1 aromatic heterocycles. The minimum Gasteiger partial charge on any atom is -0.488 e. The molecule has 0 fully saturated rings. The van der Waals surface area contributed by atoms with E-state index in [2.05, 4.69) is 26.2 Å². The largest absolute Gasteiger partial charge is 0.488 e. The maximum Gasteiger partial charge on any atom is 0.124 e. The summed E-state index contributed by atoms with van der Waals surface area (Å²) < 4.78 is 7.00. The molecule has 3 aromatic rings. The quantitative estimate of drug-likeness (QED) is 0.476. The first-order valence-corrected chi connectivity index (χ1v) is 9.62. The van der Waals surface area contributed by atoms with E-state index >= 15 is 0 Å². The summed E-state index contributed by atoms with van der Waals surface area (Å²) in [4.78, 5) is 4.12. The zero-order chi connectivity index (χ0) is 18.4. The highest BCUT2D eigenvalue weighted by Gasteiger charge is 2.09. The lowest BCUT2D eigenvalue weighted by Gasteiger charge is -2.14. The molecule has 0 aliphatic carbocycles. The standard InChI is InChI=1S/C20H17BrCl2N2O/c21-16-6-7-20(26-13-17-18(22)4-1-5-19(17)23)15(9-16)12-25-11-14-3-2-8-24-10-14/h1-10,25H,11-13H2. The van der Waals surface area contributed by atoms with Crippen molar-refractivity contribution in [3.63, 3.8) is 0 Å². The molecule has 0 spiro atoms. The van der Waals surface area contributed by atoms with Gasteiger partial charge in [0.15, 0.2) is 0 Å². The molecule has 3 nitrogen and oxygen atoms in total. The first-order valence-electron chi connectivity index (χ1n) is 8.07. The minimum atomic E-state index is 0.315. The summed E-state index contributed by atoms with van der Waals surface area (Å²) in [6, 6.07) is 15.3. The predicted octanol–water partition coefficient (Wildman–Crippen LogP) is 6.02. The molecule has 0 bridgehead atoms. The van der Waals surface area contributed by atoms with Crippen LogP contribution in [0.5, 0.6) is 5.75 Å². The number of nitrogens with one attached hydrogen (secondary N) is 1. The van der Waals surface area contributed by atoms with Crippen LogP contribution in [0.15, 0.2) is 65.4 Å². The summed E-state index contributed by atoms with van der Waals surface area (Å²) in [7, 11) is 0. The van der Waals surface area contributed by atoms with E-state index in [1.165, 1.54) is 0 Å². The van der Waals surface area contributed by atoms with Crippen molar-refractivity contribution in [3.05, 3.63) is 92.1 Å². The van der Waals surface area contributed by atoms with E-state index in [0.29, 0.717) is 23.2 Å². The fourth-order valence-corrected chi connectivity index (χ4v) is 3.41. The first-order chi connectivity index (χ1) is 12.6. The van der Waals surface area contributed by atoms with E-state index in [1.54, 1.807) is 6.20 Å². The Morgan fingerprint density at radius 3 is 2.54 bits per heavy atom. The van der Waals surface area contributed by atoms with Crippen LogP contribution >= 0.6 is 39.1 Å². The van der Waals surface area contributed by atoms with Crippen molar-refractivity contribution < 1.29 is 4.74 Å². The Kier molecular flexibility index (Phi) is 6.92. The predicted molar refractivity (Wildman–Crippen MR) is 110 cm³/mol. The average molecular weight is 452 g/mol. The highest BCUT2D eigenvalue weighted by atomic mass is 79.9. The van der Waals surface area contributed by atoms with Gasteiger partial charge < -0.3 is 10.1 Å². The second-order valence-electron chi connectivity index (χ2n) is 5.71. The van der Waals surface area contributed by atoms with Crippen molar-refractivity contribution in [2.24, 2.45) is 0 Å². The van der Waals surface area contributed by atoms with Crippen molar-refractivity contribution in [1.29, 1.82) is 0 Å². The molecule has 134 valence electrons. The Labute approximate surface area is 171 Å². The van der Waals surface area contributed by atoms with Crippen LogP contribution in [0.25, 0.3) is 0 Å². The summed E-state index contributed by atoms with van der Waals surface area (Å²) in [6.45, 7) is 1.71. The van der Waals surface area contributed by atoms with Crippen molar-refractivity contribution in [1.82, 2.24) is 10.3 Å². The van der Waals surface area contributed by atoms with Crippen LogP contribution in [0.2, 0.25) is 10.0 Å². The number of rotatable bonds is 7. The van der Waals surface area contributed by atoms with E-state index < -0.39 is 0 Å². The number of pyridine rings is 1. The van der Waals surface area contributed by atoms with Gasteiger partial charge in [-0.1, -0.05) is 51.3 Å². The fraction of sp³-hybridized carbons (Fsp3) is 0.150. The lowest BCUT2D eigenvalue weighted by Crippen LogP contribution is -2.14. The molecule has 0 aliphatic heterocycles. The number of hydrogen-bond donors (Lipinski definition) is 1. The van der Waals surface area contributed by atoms with Gasteiger partial charge in [-0.25, -0.2) is 0 Å². The number of aromatic nitrogens is 1. The highest BCUT2D eigenvalue weighted by Crippen LogP contribution is 2.28. The van der Waals surface area contributed by atoms with Gasteiger partial charge in [0.1, 0.15) is 12.4 Å². The van der Waals surface area contributed by atoms with E-state index in [1.807, 2.05) is 54.7 Å². The van der Waals surface area contributed by atoms with Gasteiger partial charge in [0.05, 0.1) is 0 Å². The van der Waals surface area contributed by atoms with Gasteiger partial charge in [0.2, 0.25) is 0 Å². The molecule has 0 aliphatic rings. The van der Waals surface area contributed by atoms with E-state index in [9.17, 15) is 0 Å². The van der Waals surface area contributed by atoms with Crippen LogP contribution in [-0.2, 0) is 19.7 Å². The summed E-state index contributed by atoms with van der Waals surface area (Å²) in [5.74, 6) is 0.794. The number of hydrogen-bond acceptors (Lipinski definition) is 3. The molecule has 1 N–H and O–H groups in total. The third kappa shape index (κ3) is 5.21. The Morgan fingerprint density at radius 2 is 1.81 bits per heavy atom. The van der Waals surface area contributed by atoms with Crippen molar-refractivity contribution in [3.8, 4) is 5.75 Å². The summed E-state index contributed by atoms with van der Waals surface area (Å²) in [5, 5.41) is 4.62. The van der Waals surface area contributed by atoms with Gasteiger partial charge in [-0.15, -0.1) is 0 Å². The van der Waals surface area contributed by atoms with Gasteiger partial charge in [0.25, 0.3) is 0 Å². The van der Waals surface area contributed by atoms with Crippen LogP contribution in [0, 0.1) is 0 Å². The topological polar surface area (TPSA) is 34.1 Å². The molecule has 6 heteroatoms. The minimum absolute atomic E-state index is 0.315. The lowest BCUT2D eigenvalue weighted by atomic mass is 10.2. The highest BCUT2D eigenvalue weighted by molar-refractivity contribution is 9.10. The third-order valence-electron chi connectivity index (χ3n) is 3.82. The molecule has 26 heavy (non-hydrogen) atoms. The summed E-state index contributed by atoms with van der Waals surface area (Å²) in [5.41, 5.74) is 2.97. The maximum absolute atomic E-state index is 6.22. The molecule has 0 radical (unpaired) electrons. The van der Waals surface area contributed by atoms with E-state index in [4.69, 9.17) is 27.9 Å². The molecular formula is C20H17BrCl2N2O. The average Bonchev–Trinajstić information content (AvgIpc) is 2.64. The Bertz CT molecular complexity index is 855. The fourth-order valence-electron chi connectivity index (χ4n) is 2.49. The molecule has 0 unspecified atom stereocenters. The Hall–Kier alpha value is -1.59. The molecule has 0 atom stereocenters. The van der Waals surface area contributed by atoms with Crippen LogP contribution in [-0.4, -0.2) is 4.98 Å². The van der Waals surface area contributed by atoms with Crippen molar-refractivity contribution in [2.75, 3.05) is 0 Å². The Balaban J connectivity index is 1.67. The van der Waals surface area contributed by atoms with Gasteiger partial charge in [-0.05, 0) is 42.0 Å². The zero-order valence-electron chi connectivity index (χ0n) is 13.9. The van der Waals surface area contributed by atoms with Crippen LogP contribution in [0.4, 0.5) is 0 Å². The van der Waals surface area contributed by atoms with Crippen LogP contribution < -0.4 is 10.1 Å². The van der Waals surface area contributed by atoms with Gasteiger partial charge in [-0.2, -0.15) is 0 Å². The second-order valence-corrected chi connectivity index (χ2v) is 7.44. The molecular weight excluding hydrogens is 435 g/mol. The van der Waals surface area contributed by atoms with Crippen LogP contribution in [0.3, 0.4) is 0 Å². The van der Waals surface area contributed by atoms with E-state index in [-0.39, 0.29) is 0 Å².